The van der Waals surface area contributed by atoms with Gasteiger partial charge in [-0.2, -0.15) is 0 Å². The standard InChI is InChI=1S/C18H28N2O3.ClH/c1-12(2)16(19)8-9-20(4)18(22)11-15-10-14(13(3)21)6-7-17(15)23-5;/h6-7,10,12,16H,8-9,11,19H2,1-5H3;1H. The van der Waals surface area contributed by atoms with Crippen LogP contribution >= 0.6 is 12.4 Å². The number of amides is 1. The summed E-state index contributed by atoms with van der Waals surface area (Å²) in [4.78, 5) is 25.6. The maximum Gasteiger partial charge on any atom is 0.226 e. The van der Waals surface area contributed by atoms with Crippen LogP contribution in [0.2, 0.25) is 0 Å². The fraction of sp³-hybridized carbons (Fsp3) is 0.556. The fourth-order valence-electron chi connectivity index (χ4n) is 2.23. The molecule has 6 heteroatoms. The minimum Gasteiger partial charge on any atom is -0.496 e. The van der Waals surface area contributed by atoms with E-state index in [1.54, 1.807) is 37.3 Å². The van der Waals surface area contributed by atoms with Crippen LogP contribution < -0.4 is 10.5 Å². The van der Waals surface area contributed by atoms with E-state index in [2.05, 4.69) is 13.8 Å². The largest absolute Gasteiger partial charge is 0.496 e. The van der Waals surface area contributed by atoms with Crippen molar-refractivity contribution in [1.29, 1.82) is 0 Å². The molecular formula is C18H29ClN2O3. The Hall–Kier alpha value is -1.59. The Balaban J connectivity index is 0.00000529. The summed E-state index contributed by atoms with van der Waals surface area (Å²) in [5, 5.41) is 0. The van der Waals surface area contributed by atoms with E-state index < -0.39 is 0 Å². The van der Waals surface area contributed by atoms with Crippen LogP contribution in [0.3, 0.4) is 0 Å². The number of hydrogen-bond acceptors (Lipinski definition) is 4. The zero-order valence-corrected chi connectivity index (χ0v) is 16.0. The van der Waals surface area contributed by atoms with Crippen LogP contribution in [0.1, 0.15) is 43.1 Å². The van der Waals surface area contributed by atoms with Gasteiger partial charge >= 0.3 is 0 Å². The van der Waals surface area contributed by atoms with Gasteiger partial charge in [0.05, 0.1) is 13.5 Å². The number of rotatable bonds is 8. The number of benzene rings is 1. The molecule has 0 aliphatic heterocycles. The number of ether oxygens (including phenoxy) is 1. The molecule has 136 valence electrons. The molecule has 1 atom stereocenters. The second-order valence-corrected chi connectivity index (χ2v) is 6.27. The molecular weight excluding hydrogens is 328 g/mol. The van der Waals surface area contributed by atoms with Crippen LogP contribution in [0, 0.1) is 5.92 Å². The van der Waals surface area contributed by atoms with E-state index in [9.17, 15) is 9.59 Å². The van der Waals surface area contributed by atoms with Crippen molar-refractivity contribution in [3.8, 4) is 5.75 Å². The highest BCUT2D eigenvalue weighted by atomic mass is 35.5. The first-order valence-electron chi connectivity index (χ1n) is 7.93. The van der Waals surface area contributed by atoms with Crippen molar-refractivity contribution in [3.05, 3.63) is 29.3 Å². The molecule has 5 nitrogen and oxygen atoms in total. The number of methoxy groups -OCH3 is 1. The number of hydrogen-bond donors (Lipinski definition) is 1. The molecule has 0 fully saturated rings. The number of likely N-dealkylation sites (N-methyl/N-ethyl adjacent to an activating group) is 1. The highest BCUT2D eigenvalue weighted by Gasteiger charge is 2.16. The predicted octanol–water partition coefficient (Wildman–Crippen LogP) is 2.69. The topological polar surface area (TPSA) is 72.6 Å². The summed E-state index contributed by atoms with van der Waals surface area (Å²) in [6, 6.07) is 5.25. The molecule has 1 unspecified atom stereocenters. The molecule has 0 aliphatic carbocycles. The first kappa shape index (κ1) is 22.4. The second-order valence-electron chi connectivity index (χ2n) is 6.27. The molecule has 2 N–H and O–H groups in total. The average molecular weight is 357 g/mol. The average Bonchev–Trinajstić information content (AvgIpc) is 2.51. The van der Waals surface area contributed by atoms with E-state index in [1.165, 1.54) is 6.92 Å². The third kappa shape index (κ3) is 6.49. The van der Waals surface area contributed by atoms with Crippen molar-refractivity contribution >= 4 is 24.1 Å². The van der Waals surface area contributed by atoms with E-state index in [-0.39, 0.29) is 36.6 Å². The molecule has 0 spiro atoms. The monoisotopic (exact) mass is 356 g/mol. The van der Waals surface area contributed by atoms with Gasteiger partial charge < -0.3 is 15.4 Å². The van der Waals surface area contributed by atoms with Crippen LogP contribution in [0.25, 0.3) is 0 Å². The predicted molar refractivity (Wildman–Crippen MR) is 99.0 cm³/mol. The molecule has 0 saturated carbocycles. The SMILES string of the molecule is COc1ccc(C(C)=O)cc1CC(=O)N(C)CCC(N)C(C)C.Cl. The molecule has 0 heterocycles. The number of nitrogens with zero attached hydrogens (tertiary/aromatic N) is 1. The van der Waals surface area contributed by atoms with Gasteiger partial charge in [0.2, 0.25) is 5.91 Å². The lowest BCUT2D eigenvalue weighted by Gasteiger charge is -2.22. The molecule has 0 bridgehead atoms. The Morgan fingerprint density at radius 1 is 1.29 bits per heavy atom. The molecule has 0 aliphatic rings. The molecule has 0 radical (unpaired) electrons. The third-order valence-electron chi connectivity index (χ3n) is 4.11. The lowest BCUT2D eigenvalue weighted by Crippen LogP contribution is -2.35. The molecule has 0 saturated heterocycles. The summed E-state index contributed by atoms with van der Waals surface area (Å²) in [6.07, 6.45) is 0.974. The Labute approximate surface area is 151 Å². The normalized spacial score (nSPS) is 11.6. The highest BCUT2D eigenvalue weighted by Crippen LogP contribution is 2.21. The molecule has 1 amide bonds. The van der Waals surface area contributed by atoms with Gasteiger partial charge in [0.1, 0.15) is 5.75 Å². The summed E-state index contributed by atoms with van der Waals surface area (Å²) in [7, 11) is 3.33. The van der Waals surface area contributed by atoms with E-state index in [1.807, 2.05) is 0 Å². The van der Waals surface area contributed by atoms with Crippen LogP contribution in [0.15, 0.2) is 18.2 Å². The number of carbonyl (C=O) groups excluding carboxylic acids is 2. The Bertz CT molecular complexity index is 561. The zero-order chi connectivity index (χ0) is 17.6. The summed E-state index contributed by atoms with van der Waals surface area (Å²) in [5.74, 6) is 0.971. The summed E-state index contributed by atoms with van der Waals surface area (Å²) in [5.41, 5.74) is 7.33. The lowest BCUT2D eigenvalue weighted by molar-refractivity contribution is -0.129. The Morgan fingerprint density at radius 2 is 1.92 bits per heavy atom. The van der Waals surface area contributed by atoms with Crippen LogP contribution in [-0.2, 0) is 11.2 Å². The van der Waals surface area contributed by atoms with Gasteiger partial charge in [0.15, 0.2) is 5.78 Å². The van der Waals surface area contributed by atoms with Gasteiger partial charge in [-0.3, -0.25) is 9.59 Å². The van der Waals surface area contributed by atoms with Gasteiger partial charge in [-0.25, -0.2) is 0 Å². The maximum atomic E-state index is 12.4. The van der Waals surface area contributed by atoms with Crippen molar-refractivity contribution in [1.82, 2.24) is 4.90 Å². The Kier molecular flexibility index (Phi) is 9.63. The van der Waals surface area contributed by atoms with Gasteiger partial charge in [0.25, 0.3) is 0 Å². The third-order valence-corrected chi connectivity index (χ3v) is 4.11. The van der Waals surface area contributed by atoms with Gasteiger partial charge in [0, 0.05) is 30.8 Å². The second kappa shape index (κ2) is 10.3. The van der Waals surface area contributed by atoms with E-state index in [0.29, 0.717) is 23.8 Å². The quantitative estimate of drug-likeness (QED) is 0.727. The van der Waals surface area contributed by atoms with E-state index in [4.69, 9.17) is 10.5 Å². The molecule has 0 aromatic heterocycles. The number of ketones is 1. The van der Waals surface area contributed by atoms with Crippen LogP contribution in [0.4, 0.5) is 0 Å². The van der Waals surface area contributed by atoms with Crippen molar-refractivity contribution in [2.24, 2.45) is 11.7 Å². The minimum atomic E-state index is -0.0300. The van der Waals surface area contributed by atoms with Gasteiger partial charge in [-0.1, -0.05) is 13.8 Å². The molecule has 1 aromatic rings. The van der Waals surface area contributed by atoms with Gasteiger partial charge in [-0.15, -0.1) is 12.4 Å². The first-order valence-corrected chi connectivity index (χ1v) is 7.93. The Morgan fingerprint density at radius 3 is 2.42 bits per heavy atom. The number of Topliss-reactive ketones (excluding diaryl/α,β-unsaturated/α-hetero) is 1. The number of nitrogens with two attached hydrogens (primary N) is 1. The molecule has 24 heavy (non-hydrogen) atoms. The molecule has 1 aromatic carbocycles. The molecule has 1 rings (SSSR count). The number of halogens is 1. The van der Waals surface area contributed by atoms with Crippen molar-refractivity contribution in [3.63, 3.8) is 0 Å². The van der Waals surface area contributed by atoms with E-state index in [0.717, 1.165) is 12.0 Å². The summed E-state index contributed by atoms with van der Waals surface area (Å²) >= 11 is 0. The highest BCUT2D eigenvalue weighted by molar-refractivity contribution is 5.94. The van der Waals surface area contributed by atoms with Crippen molar-refractivity contribution in [2.75, 3.05) is 20.7 Å². The van der Waals surface area contributed by atoms with Crippen LogP contribution in [0.5, 0.6) is 5.75 Å². The van der Waals surface area contributed by atoms with Crippen molar-refractivity contribution < 1.29 is 14.3 Å². The van der Waals surface area contributed by atoms with Crippen molar-refractivity contribution in [2.45, 2.75) is 39.7 Å². The number of carbonyl (C=O) groups is 2. The minimum absolute atomic E-state index is 0. The van der Waals surface area contributed by atoms with Gasteiger partial charge in [-0.05, 0) is 37.5 Å². The smallest absolute Gasteiger partial charge is 0.226 e. The van der Waals surface area contributed by atoms with E-state index >= 15 is 0 Å². The van der Waals surface area contributed by atoms with Crippen LogP contribution in [-0.4, -0.2) is 43.3 Å². The first-order chi connectivity index (χ1) is 10.8. The zero-order valence-electron chi connectivity index (χ0n) is 15.2. The fourth-order valence-corrected chi connectivity index (χ4v) is 2.23. The summed E-state index contributed by atoms with van der Waals surface area (Å²) < 4.78 is 5.29. The summed E-state index contributed by atoms with van der Waals surface area (Å²) in [6.45, 7) is 6.27. The lowest BCUT2D eigenvalue weighted by atomic mass is 10.0. The maximum absolute atomic E-state index is 12.4.